The molecule has 0 atom stereocenters. The average molecular weight is 281 g/mol. The summed E-state index contributed by atoms with van der Waals surface area (Å²) in [5.41, 5.74) is -0.0219. The van der Waals surface area contributed by atoms with Gasteiger partial charge < -0.3 is 14.4 Å². The van der Waals surface area contributed by atoms with Crippen molar-refractivity contribution in [3.8, 4) is 0 Å². The van der Waals surface area contributed by atoms with Crippen LogP contribution in [0.2, 0.25) is 0 Å². The molecule has 0 fully saturated rings. The van der Waals surface area contributed by atoms with Gasteiger partial charge in [0.2, 0.25) is 5.91 Å². The molecule has 0 bridgehead atoms. The van der Waals surface area contributed by atoms with Gasteiger partial charge in [0.25, 0.3) is 0 Å². The summed E-state index contributed by atoms with van der Waals surface area (Å²) in [5.74, 6) is -0.277. The van der Waals surface area contributed by atoms with Gasteiger partial charge in [-0.2, -0.15) is 0 Å². The standard InChI is InChI=1S/C15H23NO4/c1-5-15(6-2,14(18)19)9-13(17)16(4)10-12-7-8-20-11(12)3/h7-8H,5-6,9-10H2,1-4H3,(H,18,19). The number of hydrogen-bond donors (Lipinski definition) is 1. The Hall–Kier alpha value is -1.78. The summed E-state index contributed by atoms with van der Waals surface area (Å²) in [6.07, 6.45) is 2.51. The topological polar surface area (TPSA) is 70.8 Å². The Morgan fingerprint density at radius 3 is 2.35 bits per heavy atom. The quantitative estimate of drug-likeness (QED) is 0.834. The van der Waals surface area contributed by atoms with E-state index in [2.05, 4.69) is 0 Å². The number of nitrogens with zero attached hydrogens (tertiary/aromatic N) is 1. The van der Waals surface area contributed by atoms with E-state index < -0.39 is 11.4 Å². The summed E-state index contributed by atoms with van der Waals surface area (Å²) in [6.45, 7) is 5.90. The summed E-state index contributed by atoms with van der Waals surface area (Å²) in [4.78, 5) is 25.2. The van der Waals surface area contributed by atoms with Crippen LogP contribution >= 0.6 is 0 Å². The largest absolute Gasteiger partial charge is 0.481 e. The summed E-state index contributed by atoms with van der Waals surface area (Å²) < 4.78 is 5.19. The number of aryl methyl sites for hydroxylation is 1. The number of carbonyl (C=O) groups excluding carboxylic acids is 1. The minimum Gasteiger partial charge on any atom is -0.481 e. The van der Waals surface area contributed by atoms with Crippen molar-refractivity contribution in [2.45, 2.75) is 46.6 Å². The van der Waals surface area contributed by atoms with Crippen molar-refractivity contribution in [1.29, 1.82) is 0 Å². The zero-order chi connectivity index (χ0) is 15.3. The molecule has 0 aliphatic heterocycles. The number of carbonyl (C=O) groups is 2. The minimum absolute atomic E-state index is 0.0305. The predicted molar refractivity (Wildman–Crippen MR) is 75.2 cm³/mol. The molecule has 20 heavy (non-hydrogen) atoms. The Labute approximate surface area is 119 Å². The van der Waals surface area contributed by atoms with Gasteiger partial charge in [0.05, 0.1) is 11.7 Å². The Morgan fingerprint density at radius 1 is 1.35 bits per heavy atom. The molecule has 1 aromatic heterocycles. The van der Waals surface area contributed by atoms with Gasteiger partial charge in [-0.15, -0.1) is 0 Å². The first-order chi connectivity index (χ1) is 9.36. The molecule has 1 N–H and O–H groups in total. The Morgan fingerprint density at radius 2 is 1.95 bits per heavy atom. The first-order valence-electron chi connectivity index (χ1n) is 6.86. The molecule has 0 spiro atoms. The van der Waals surface area contributed by atoms with Crippen LogP contribution in [0.3, 0.4) is 0 Å². The van der Waals surface area contributed by atoms with Crippen molar-refractivity contribution < 1.29 is 19.1 Å². The fourth-order valence-corrected chi connectivity index (χ4v) is 2.22. The van der Waals surface area contributed by atoms with Crippen molar-refractivity contribution in [1.82, 2.24) is 4.90 Å². The predicted octanol–water partition coefficient (Wildman–Crippen LogP) is 2.83. The lowest BCUT2D eigenvalue weighted by molar-refractivity contribution is -0.154. The van der Waals surface area contributed by atoms with E-state index in [0.29, 0.717) is 19.4 Å². The molecule has 112 valence electrons. The third-order valence-corrected chi connectivity index (χ3v) is 4.10. The van der Waals surface area contributed by atoms with E-state index in [1.54, 1.807) is 18.2 Å². The lowest BCUT2D eigenvalue weighted by atomic mass is 9.79. The van der Waals surface area contributed by atoms with Gasteiger partial charge in [0.1, 0.15) is 5.76 Å². The van der Waals surface area contributed by atoms with Gasteiger partial charge in [-0.25, -0.2) is 0 Å². The van der Waals surface area contributed by atoms with E-state index in [1.165, 1.54) is 0 Å². The lowest BCUT2D eigenvalue weighted by Gasteiger charge is -2.28. The number of hydrogen-bond acceptors (Lipinski definition) is 3. The summed E-state index contributed by atoms with van der Waals surface area (Å²) in [6, 6.07) is 1.82. The molecule has 1 heterocycles. The maximum atomic E-state index is 12.3. The van der Waals surface area contributed by atoms with E-state index in [0.717, 1.165) is 11.3 Å². The highest BCUT2D eigenvalue weighted by Crippen LogP contribution is 2.31. The number of aliphatic carboxylic acids is 1. The Balaban J connectivity index is 2.74. The van der Waals surface area contributed by atoms with Crippen LogP contribution in [0, 0.1) is 12.3 Å². The van der Waals surface area contributed by atoms with Crippen LogP contribution in [-0.2, 0) is 16.1 Å². The first-order valence-corrected chi connectivity index (χ1v) is 6.86. The van der Waals surface area contributed by atoms with Crippen molar-refractivity contribution in [3.05, 3.63) is 23.7 Å². The van der Waals surface area contributed by atoms with Crippen molar-refractivity contribution in [2.24, 2.45) is 5.41 Å². The molecule has 0 aliphatic rings. The molecule has 5 nitrogen and oxygen atoms in total. The lowest BCUT2D eigenvalue weighted by Crippen LogP contribution is -2.37. The zero-order valence-electron chi connectivity index (χ0n) is 12.6. The molecule has 0 aliphatic carbocycles. The smallest absolute Gasteiger partial charge is 0.310 e. The Bertz CT molecular complexity index is 474. The van der Waals surface area contributed by atoms with Gasteiger partial charge in [0.15, 0.2) is 0 Å². The fourth-order valence-electron chi connectivity index (χ4n) is 2.22. The van der Waals surface area contributed by atoms with Crippen LogP contribution in [0.15, 0.2) is 16.7 Å². The van der Waals surface area contributed by atoms with E-state index in [-0.39, 0.29) is 12.3 Å². The highest BCUT2D eigenvalue weighted by atomic mass is 16.4. The van der Waals surface area contributed by atoms with E-state index in [4.69, 9.17) is 4.42 Å². The second-order valence-corrected chi connectivity index (χ2v) is 5.22. The first kappa shape index (κ1) is 16.3. The molecule has 1 aromatic rings. The van der Waals surface area contributed by atoms with E-state index in [9.17, 15) is 14.7 Å². The highest BCUT2D eigenvalue weighted by molar-refractivity contribution is 5.84. The van der Waals surface area contributed by atoms with Crippen LogP contribution in [-0.4, -0.2) is 28.9 Å². The number of rotatable bonds is 7. The zero-order valence-corrected chi connectivity index (χ0v) is 12.6. The second kappa shape index (κ2) is 6.59. The van der Waals surface area contributed by atoms with Crippen LogP contribution in [0.5, 0.6) is 0 Å². The van der Waals surface area contributed by atoms with Crippen LogP contribution in [0.1, 0.15) is 44.4 Å². The van der Waals surface area contributed by atoms with Gasteiger partial charge in [-0.05, 0) is 25.8 Å². The third-order valence-electron chi connectivity index (χ3n) is 4.10. The van der Waals surface area contributed by atoms with Gasteiger partial charge >= 0.3 is 5.97 Å². The Kier molecular flexibility index (Phi) is 5.36. The normalized spacial score (nSPS) is 11.4. The van der Waals surface area contributed by atoms with Crippen LogP contribution < -0.4 is 0 Å². The SMILES string of the molecule is CCC(CC)(CC(=O)N(C)Cc1ccoc1C)C(=O)O. The van der Waals surface area contributed by atoms with Crippen LogP contribution in [0.4, 0.5) is 0 Å². The van der Waals surface area contributed by atoms with E-state index >= 15 is 0 Å². The summed E-state index contributed by atoms with van der Waals surface area (Å²) in [5, 5.41) is 9.37. The van der Waals surface area contributed by atoms with Crippen molar-refractivity contribution in [3.63, 3.8) is 0 Å². The molecule has 1 rings (SSSR count). The van der Waals surface area contributed by atoms with Gasteiger partial charge in [0, 0.05) is 25.6 Å². The maximum absolute atomic E-state index is 12.3. The molecule has 1 amide bonds. The second-order valence-electron chi connectivity index (χ2n) is 5.22. The molecular weight excluding hydrogens is 258 g/mol. The minimum atomic E-state index is -0.962. The molecule has 0 saturated heterocycles. The number of carboxylic acid groups (broad SMARTS) is 1. The molecule has 0 saturated carbocycles. The molecule has 0 aromatic carbocycles. The molecule has 0 radical (unpaired) electrons. The molecular formula is C15H23NO4. The number of carboxylic acids is 1. The monoisotopic (exact) mass is 281 g/mol. The fraction of sp³-hybridized carbons (Fsp3) is 0.600. The van der Waals surface area contributed by atoms with Crippen molar-refractivity contribution in [2.75, 3.05) is 7.05 Å². The van der Waals surface area contributed by atoms with Crippen LogP contribution in [0.25, 0.3) is 0 Å². The number of furan rings is 1. The molecule has 0 unspecified atom stereocenters. The summed E-state index contributed by atoms with van der Waals surface area (Å²) >= 11 is 0. The van der Waals surface area contributed by atoms with Gasteiger partial charge in [-0.3, -0.25) is 9.59 Å². The van der Waals surface area contributed by atoms with E-state index in [1.807, 2.05) is 26.8 Å². The number of amides is 1. The van der Waals surface area contributed by atoms with Gasteiger partial charge in [-0.1, -0.05) is 13.8 Å². The molecule has 5 heteroatoms. The highest BCUT2D eigenvalue weighted by Gasteiger charge is 2.37. The summed E-state index contributed by atoms with van der Waals surface area (Å²) in [7, 11) is 1.69. The third kappa shape index (κ3) is 3.40. The maximum Gasteiger partial charge on any atom is 0.310 e. The average Bonchev–Trinajstić information content (AvgIpc) is 2.81. The van der Waals surface area contributed by atoms with Crippen molar-refractivity contribution >= 4 is 11.9 Å².